The van der Waals surface area contributed by atoms with Crippen LogP contribution in [0.3, 0.4) is 0 Å². The molecule has 2 rings (SSSR count). The third-order valence-electron chi connectivity index (χ3n) is 2.94. The molecule has 1 aliphatic rings. The Morgan fingerprint density at radius 2 is 2.26 bits per heavy atom. The van der Waals surface area contributed by atoms with Crippen LogP contribution in [-0.4, -0.2) is 24.4 Å². The van der Waals surface area contributed by atoms with Crippen molar-refractivity contribution in [3.8, 4) is 6.07 Å². The normalized spacial score (nSPS) is 19.3. The van der Waals surface area contributed by atoms with Crippen LogP contribution in [0.25, 0.3) is 0 Å². The number of amidine groups is 1. The average molecular weight is 275 g/mol. The summed E-state index contributed by atoms with van der Waals surface area (Å²) >= 11 is 1.52. The van der Waals surface area contributed by atoms with Gasteiger partial charge in [0.05, 0.1) is 24.3 Å². The van der Waals surface area contributed by atoms with E-state index in [9.17, 15) is 0 Å². The first-order chi connectivity index (χ1) is 9.28. The Bertz CT molecular complexity index is 472. The first-order valence-electron chi connectivity index (χ1n) is 6.31. The minimum Gasteiger partial charge on any atom is -0.379 e. The summed E-state index contributed by atoms with van der Waals surface area (Å²) in [6.07, 6.45) is 2.45. The summed E-state index contributed by atoms with van der Waals surface area (Å²) in [6.45, 7) is 1.50. The SMILES string of the molecule is N#Cc1ccc(CSC(N)=NC[C@H]2CCCO2)cc1. The number of benzene rings is 1. The van der Waals surface area contributed by atoms with E-state index >= 15 is 0 Å². The predicted molar refractivity (Wildman–Crippen MR) is 77.9 cm³/mol. The first-order valence-corrected chi connectivity index (χ1v) is 7.30. The van der Waals surface area contributed by atoms with Crippen molar-refractivity contribution in [2.75, 3.05) is 13.2 Å². The van der Waals surface area contributed by atoms with Gasteiger partial charge in [0.15, 0.2) is 5.17 Å². The molecule has 0 unspecified atom stereocenters. The van der Waals surface area contributed by atoms with Gasteiger partial charge in [0, 0.05) is 12.4 Å². The van der Waals surface area contributed by atoms with E-state index in [4.69, 9.17) is 15.7 Å². The lowest BCUT2D eigenvalue weighted by Crippen LogP contribution is -2.14. The Morgan fingerprint density at radius 1 is 1.47 bits per heavy atom. The van der Waals surface area contributed by atoms with Crippen LogP contribution in [0.1, 0.15) is 24.0 Å². The lowest BCUT2D eigenvalue weighted by atomic mass is 10.2. The van der Waals surface area contributed by atoms with Crippen molar-refractivity contribution >= 4 is 16.9 Å². The summed E-state index contributed by atoms with van der Waals surface area (Å²) < 4.78 is 5.49. The largest absolute Gasteiger partial charge is 0.379 e. The van der Waals surface area contributed by atoms with Crippen LogP contribution in [0.5, 0.6) is 0 Å². The van der Waals surface area contributed by atoms with Gasteiger partial charge in [-0.05, 0) is 30.5 Å². The van der Waals surface area contributed by atoms with Crippen molar-refractivity contribution in [3.63, 3.8) is 0 Å². The van der Waals surface area contributed by atoms with Gasteiger partial charge in [-0.25, -0.2) is 0 Å². The second-order valence-corrected chi connectivity index (χ2v) is 5.41. The summed E-state index contributed by atoms with van der Waals surface area (Å²) in [6, 6.07) is 9.62. The van der Waals surface area contributed by atoms with Gasteiger partial charge in [-0.2, -0.15) is 5.26 Å². The maximum atomic E-state index is 8.71. The Kier molecular flexibility index (Phi) is 5.25. The fraction of sp³-hybridized carbons (Fsp3) is 0.429. The van der Waals surface area contributed by atoms with Gasteiger partial charge in [0.1, 0.15) is 0 Å². The molecule has 0 aliphatic carbocycles. The van der Waals surface area contributed by atoms with Crippen LogP contribution < -0.4 is 5.73 Å². The minimum absolute atomic E-state index is 0.245. The maximum absolute atomic E-state index is 8.71. The predicted octanol–water partition coefficient (Wildman–Crippen LogP) is 2.29. The van der Waals surface area contributed by atoms with Gasteiger partial charge in [-0.15, -0.1) is 0 Å². The number of aliphatic imine (C=N–C) groups is 1. The zero-order valence-corrected chi connectivity index (χ0v) is 11.5. The van der Waals surface area contributed by atoms with Crippen LogP contribution in [0, 0.1) is 11.3 Å². The fourth-order valence-corrected chi connectivity index (χ4v) is 2.53. The summed E-state index contributed by atoms with van der Waals surface area (Å²) in [5.74, 6) is 0.770. The molecular weight excluding hydrogens is 258 g/mol. The topological polar surface area (TPSA) is 71.4 Å². The van der Waals surface area contributed by atoms with Gasteiger partial charge < -0.3 is 10.5 Å². The minimum atomic E-state index is 0.245. The second-order valence-electron chi connectivity index (χ2n) is 4.41. The van der Waals surface area contributed by atoms with Crippen LogP contribution in [-0.2, 0) is 10.5 Å². The standard InChI is InChI=1S/C14H17N3OS/c15-8-11-3-5-12(6-4-11)10-19-14(16)17-9-13-2-1-7-18-13/h3-6,13H,1-2,7,9-10H2,(H2,16,17)/t13-/m1/s1. The van der Waals surface area contributed by atoms with Crippen molar-refractivity contribution in [2.24, 2.45) is 10.7 Å². The molecule has 1 aromatic carbocycles. The van der Waals surface area contributed by atoms with Gasteiger partial charge in [0.25, 0.3) is 0 Å². The number of nitrogens with zero attached hydrogens (tertiary/aromatic N) is 2. The highest BCUT2D eigenvalue weighted by molar-refractivity contribution is 8.13. The summed E-state index contributed by atoms with van der Waals surface area (Å²) in [7, 11) is 0. The molecule has 2 N–H and O–H groups in total. The van der Waals surface area contributed by atoms with E-state index in [0.717, 1.165) is 30.8 Å². The summed E-state index contributed by atoms with van der Waals surface area (Å²) in [4.78, 5) is 4.33. The molecule has 100 valence electrons. The van der Waals surface area contributed by atoms with E-state index in [1.54, 1.807) is 0 Å². The lowest BCUT2D eigenvalue weighted by Gasteiger charge is -2.06. The van der Waals surface area contributed by atoms with E-state index in [0.29, 0.717) is 17.3 Å². The van der Waals surface area contributed by atoms with E-state index in [1.165, 1.54) is 11.8 Å². The van der Waals surface area contributed by atoms with Crippen molar-refractivity contribution in [2.45, 2.75) is 24.7 Å². The van der Waals surface area contributed by atoms with Crippen LogP contribution in [0.4, 0.5) is 0 Å². The fourth-order valence-electron chi connectivity index (χ4n) is 1.86. The van der Waals surface area contributed by atoms with E-state index in [2.05, 4.69) is 11.1 Å². The molecule has 1 fully saturated rings. The maximum Gasteiger partial charge on any atom is 0.154 e. The van der Waals surface area contributed by atoms with E-state index in [1.807, 2.05) is 24.3 Å². The number of hydrogen-bond donors (Lipinski definition) is 1. The molecular formula is C14H17N3OS. The second kappa shape index (κ2) is 7.17. The zero-order chi connectivity index (χ0) is 13.5. The van der Waals surface area contributed by atoms with E-state index < -0.39 is 0 Å². The van der Waals surface area contributed by atoms with Crippen molar-refractivity contribution in [3.05, 3.63) is 35.4 Å². The molecule has 4 nitrogen and oxygen atoms in total. The number of ether oxygens (including phenoxy) is 1. The van der Waals surface area contributed by atoms with Gasteiger partial charge in [0.2, 0.25) is 0 Å². The number of thioether (sulfide) groups is 1. The van der Waals surface area contributed by atoms with Crippen molar-refractivity contribution in [1.29, 1.82) is 5.26 Å². The zero-order valence-electron chi connectivity index (χ0n) is 10.7. The Balaban J connectivity index is 1.77. The molecule has 0 bridgehead atoms. The molecule has 1 saturated heterocycles. The Hall–Kier alpha value is -1.51. The molecule has 1 atom stereocenters. The molecule has 0 aromatic heterocycles. The van der Waals surface area contributed by atoms with Gasteiger partial charge in [-0.3, -0.25) is 4.99 Å². The van der Waals surface area contributed by atoms with Gasteiger partial charge >= 0.3 is 0 Å². The van der Waals surface area contributed by atoms with Gasteiger partial charge in [-0.1, -0.05) is 23.9 Å². The smallest absolute Gasteiger partial charge is 0.154 e. The van der Waals surface area contributed by atoms with E-state index in [-0.39, 0.29) is 6.10 Å². The molecule has 5 heteroatoms. The van der Waals surface area contributed by atoms with Crippen LogP contribution in [0.15, 0.2) is 29.3 Å². The number of nitrogens with two attached hydrogens (primary N) is 1. The monoisotopic (exact) mass is 275 g/mol. The van der Waals surface area contributed by atoms with Crippen molar-refractivity contribution < 1.29 is 4.74 Å². The molecule has 0 radical (unpaired) electrons. The van der Waals surface area contributed by atoms with Crippen LogP contribution in [0.2, 0.25) is 0 Å². The number of hydrogen-bond acceptors (Lipinski definition) is 4. The Morgan fingerprint density at radius 3 is 2.89 bits per heavy atom. The van der Waals surface area contributed by atoms with Crippen LogP contribution >= 0.6 is 11.8 Å². The molecule has 0 spiro atoms. The molecule has 0 amide bonds. The molecule has 1 aliphatic heterocycles. The number of rotatable bonds is 4. The number of nitriles is 1. The first kappa shape index (κ1) is 13.9. The van der Waals surface area contributed by atoms with Crippen molar-refractivity contribution in [1.82, 2.24) is 0 Å². The summed E-state index contributed by atoms with van der Waals surface area (Å²) in [5.41, 5.74) is 7.67. The Labute approximate surface area is 117 Å². The highest BCUT2D eigenvalue weighted by Crippen LogP contribution is 2.15. The third-order valence-corrected chi connectivity index (χ3v) is 3.85. The molecule has 1 aromatic rings. The summed E-state index contributed by atoms with van der Waals surface area (Å²) in [5, 5.41) is 9.31. The molecule has 19 heavy (non-hydrogen) atoms. The third kappa shape index (κ3) is 4.58. The highest BCUT2D eigenvalue weighted by Gasteiger charge is 2.14. The molecule has 1 heterocycles. The quantitative estimate of drug-likeness (QED) is 0.676. The highest BCUT2D eigenvalue weighted by atomic mass is 32.2. The average Bonchev–Trinajstić information content (AvgIpc) is 2.96. The lowest BCUT2D eigenvalue weighted by molar-refractivity contribution is 0.118. The molecule has 0 saturated carbocycles.